The van der Waals surface area contributed by atoms with Crippen LogP contribution < -0.4 is 0 Å². The molecule has 3 fully saturated rings. The smallest absolute Gasteiger partial charge is 0.0591 e. The molecule has 2 heteroatoms. The van der Waals surface area contributed by atoms with Gasteiger partial charge in [-0.1, -0.05) is 56.6 Å². The van der Waals surface area contributed by atoms with E-state index in [4.69, 9.17) is 0 Å². The van der Waals surface area contributed by atoms with Crippen LogP contribution in [0.5, 0.6) is 0 Å². The second kappa shape index (κ2) is 9.10. The number of hydrogen-bond acceptors (Lipinski definition) is 2. The molecule has 0 bridgehead atoms. The molecule has 2 N–H and O–H groups in total. The maximum atomic E-state index is 10.0. The number of fused-ring (bicyclic) bond motifs is 1. The number of aliphatic hydroxyl groups is 2. The van der Waals surface area contributed by atoms with Crippen LogP contribution in [-0.4, -0.2) is 21.9 Å². The molecular weight excluding hydrogens is 356 g/mol. The molecule has 0 amide bonds. The van der Waals surface area contributed by atoms with Crippen molar-refractivity contribution >= 4 is 0 Å². The van der Waals surface area contributed by atoms with Gasteiger partial charge in [-0.05, 0) is 100 Å². The Balaban J connectivity index is 1.68. The van der Waals surface area contributed by atoms with Gasteiger partial charge in [0.25, 0.3) is 0 Å². The lowest BCUT2D eigenvalue weighted by Crippen LogP contribution is -2.36. The quantitative estimate of drug-likeness (QED) is 0.518. The molecular formula is C27H44O2. The molecule has 3 aliphatic carbocycles. The first kappa shape index (κ1) is 22.8. The van der Waals surface area contributed by atoms with Crippen LogP contribution in [0.15, 0.2) is 35.5 Å². The van der Waals surface area contributed by atoms with Crippen LogP contribution in [-0.2, 0) is 0 Å². The van der Waals surface area contributed by atoms with Gasteiger partial charge in [0.1, 0.15) is 0 Å². The summed E-state index contributed by atoms with van der Waals surface area (Å²) in [5.41, 5.74) is 4.02. The molecule has 0 spiro atoms. The molecule has 5 atom stereocenters. The van der Waals surface area contributed by atoms with E-state index < -0.39 is 5.60 Å². The fraction of sp³-hybridized carbons (Fsp3) is 0.778. The molecule has 29 heavy (non-hydrogen) atoms. The Bertz CT molecular complexity index is 650. The zero-order valence-electron chi connectivity index (χ0n) is 19.3. The summed E-state index contributed by atoms with van der Waals surface area (Å²) in [4.78, 5) is 0. The summed E-state index contributed by atoms with van der Waals surface area (Å²) in [5.74, 6) is 2.26. The van der Waals surface area contributed by atoms with E-state index in [0.29, 0.717) is 5.41 Å². The minimum Gasteiger partial charge on any atom is -0.393 e. The van der Waals surface area contributed by atoms with Crippen LogP contribution in [0.2, 0.25) is 0 Å². The van der Waals surface area contributed by atoms with Crippen molar-refractivity contribution in [2.75, 3.05) is 0 Å². The van der Waals surface area contributed by atoms with Gasteiger partial charge < -0.3 is 10.2 Å². The van der Waals surface area contributed by atoms with Gasteiger partial charge in [-0.25, -0.2) is 0 Å². The highest BCUT2D eigenvalue weighted by Crippen LogP contribution is 2.60. The largest absolute Gasteiger partial charge is 0.393 e. The van der Waals surface area contributed by atoms with Crippen molar-refractivity contribution in [3.63, 3.8) is 0 Å². The summed E-state index contributed by atoms with van der Waals surface area (Å²) < 4.78 is 0. The van der Waals surface area contributed by atoms with E-state index in [2.05, 4.69) is 32.6 Å². The topological polar surface area (TPSA) is 40.5 Å². The van der Waals surface area contributed by atoms with E-state index in [-0.39, 0.29) is 6.10 Å². The Kier molecular flexibility index (Phi) is 7.16. The highest BCUT2D eigenvalue weighted by molar-refractivity contribution is 5.36. The summed E-state index contributed by atoms with van der Waals surface area (Å²) in [5, 5.41) is 20.1. The summed E-state index contributed by atoms with van der Waals surface area (Å²) in [6.07, 6.45) is 16.9. The Morgan fingerprint density at radius 2 is 1.97 bits per heavy atom. The number of aliphatic hydroxyl groups excluding tert-OH is 1. The average Bonchev–Trinajstić information content (AvgIpc) is 2.99. The van der Waals surface area contributed by atoms with Gasteiger partial charge in [0, 0.05) is 0 Å². The maximum absolute atomic E-state index is 10.0. The highest BCUT2D eigenvalue weighted by atomic mass is 16.3. The summed E-state index contributed by atoms with van der Waals surface area (Å²) in [6.45, 7) is 13.1. The first-order valence-corrected chi connectivity index (χ1v) is 12.1. The Labute approximate surface area is 179 Å². The van der Waals surface area contributed by atoms with Gasteiger partial charge in [0.05, 0.1) is 11.7 Å². The van der Waals surface area contributed by atoms with Gasteiger partial charge >= 0.3 is 0 Å². The van der Waals surface area contributed by atoms with Crippen LogP contribution >= 0.6 is 0 Å². The van der Waals surface area contributed by atoms with Crippen LogP contribution in [0.3, 0.4) is 0 Å². The third-order valence-corrected chi connectivity index (χ3v) is 8.36. The molecule has 3 aliphatic rings. The van der Waals surface area contributed by atoms with Crippen LogP contribution in [0.1, 0.15) is 98.3 Å². The van der Waals surface area contributed by atoms with Crippen LogP contribution in [0.4, 0.5) is 0 Å². The normalized spacial score (nSPS) is 37.2. The van der Waals surface area contributed by atoms with Crippen molar-refractivity contribution in [2.45, 2.75) is 110 Å². The van der Waals surface area contributed by atoms with E-state index >= 15 is 0 Å². The molecule has 0 aliphatic heterocycles. The molecule has 3 unspecified atom stereocenters. The van der Waals surface area contributed by atoms with E-state index in [9.17, 15) is 10.2 Å². The van der Waals surface area contributed by atoms with Gasteiger partial charge in [-0.2, -0.15) is 0 Å². The standard InChI is InChI=1S/C27H44O2/c1-19-10-13-23(28)18-22(19)12-11-21-9-7-17-27(5)24(14-15-25(21)27)20(2)8-6-16-26(3,4)29/h11-12,20,23-25,28-29H,1,6-10,13-18H2,2-5H3/b21-11+,22-12-/t20-,23?,24?,25?,27+/m0/s1. The maximum Gasteiger partial charge on any atom is 0.0591 e. The summed E-state index contributed by atoms with van der Waals surface area (Å²) >= 11 is 0. The fourth-order valence-electron chi connectivity index (χ4n) is 6.67. The molecule has 0 heterocycles. The SMILES string of the molecule is C=C1CCC(O)C/C1=C/C=C1\CCC[C@@]2(C)C1CCC2[C@@H](C)CCCC(C)(C)O. The molecule has 0 aromatic rings. The molecule has 0 aromatic heterocycles. The third-order valence-electron chi connectivity index (χ3n) is 8.36. The molecule has 3 rings (SSSR count). The van der Waals surface area contributed by atoms with Crippen molar-refractivity contribution in [3.05, 3.63) is 35.5 Å². The summed E-state index contributed by atoms with van der Waals surface area (Å²) in [6, 6.07) is 0. The van der Waals surface area contributed by atoms with E-state index in [1.807, 2.05) is 13.8 Å². The van der Waals surface area contributed by atoms with E-state index in [1.165, 1.54) is 49.7 Å². The van der Waals surface area contributed by atoms with Gasteiger partial charge in [0.15, 0.2) is 0 Å². The van der Waals surface area contributed by atoms with Gasteiger partial charge in [-0.3, -0.25) is 0 Å². The first-order chi connectivity index (χ1) is 13.6. The zero-order valence-corrected chi connectivity index (χ0v) is 19.3. The minimum atomic E-state index is -0.535. The van der Waals surface area contributed by atoms with Crippen molar-refractivity contribution in [1.29, 1.82) is 0 Å². The lowest BCUT2D eigenvalue weighted by molar-refractivity contribution is 0.0596. The second-order valence-corrected chi connectivity index (χ2v) is 11.2. The molecule has 0 radical (unpaired) electrons. The monoisotopic (exact) mass is 400 g/mol. The third kappa shape index (κ3) is 5.44. The minimum absolute atomic E-state index is 0.192. The van der Waals surface area contributed by atoms with Crippen LogP contribution in [0, 0.1) is 23.2 Å². The van der Waals surface area contributed by atoms with Crippen molar-refractivity contribution in [2.24, 2.45) is 23.2 Å². The molecule has 0 aromatic carbocycles. The Morgan fingerprint density at radius 3 is 2.69 bits per heavy atom. The number of hydrogen-bond donors (Lipinski definition) is 2. The van der Waals surface area contributed by atoms with Gasteiger partial charge in [0.2, 0.25) is 0 Å². The van der Waals surface area contributed by atoms with Gasteiger partial charge in [-0.15, -0.1) is 0 Å². The molecule has 0 saturated heterocycles. The van der Waals surface area contributed by atoms with Crippen molar-refractivity contribution < 1.29 is 10.2 Å². The van der Waals surface area contributed by atoms with Crippen LogP contribution in [0.25, 0.3) is 0 Å². The van der Waals surface area contributed by atoms with Crippen molar-refractivity contribution in [1.82, 2.24) is 0 Å². The zero-order chi connectivity index (χ0) is 21.2. The fourth-order valence-corrected chi connectivity index (χ4v) is 6.67. The molecule has 164 valence electrons. The first-order valence-electron chi connectivity index (χ1n) is 12.1. The highest BCUT2D eigenvalue weighted by Gasteiger charge is 2.50. The van der Waals surface area contributed by atoms with Crippen molar-refractivity contribution in [3.8, 4) is 0 Å². The average molecular weight is 401 g/mol. The Morgan fingerprint density at radius 1 is 1.21 bits per heavy atom. The lowest BCUT2D eigenvalue weighted by Gasteiger charge is -2.44. The summed E-state index contributed by atoms with van der Waals surface area (Å²) in [7, 11) is 0. The lowest BCUT2D eigenvalue weighted by atomic mass is 9.60. The predicted molar refractivity (Wildman–Crippen MR) is 123 cm³/mol. The molecule has 2 nitrogen and oxygen atoms in total. The Hall–Kier alpha value is -0.860. The van der Waals surface area contributed by atoms with E-state index in [0.717, 1.165) is 49.9 Å². The number of allylic oxidation sites excluding steroid dienone is 4. The second-order valence-electron chi connectivity index (χ2n) is 11.2. The number of rotatable bonds is 6. The molecule has 3 saturated carbocycles. The van der Waals surface area contributed by atoms with E-state index in [1.54, 1.807) is 5.57 Å². The predicted octanol–water partition coefficient (Wildman–Crippen LogP) is 6.73.